The molecule has 1 fully saturated rings. The number of rotatable bonds is 8. The zero-order chi connectivity index (χ0) is 20.7. The third kappa shape index (κ3) is 5.06. The minimum absolute atomic E-state index is 0.0107. The zero-order valence-corrected chi connectivity index (χ0v) is 19.0. The monoisotopic (exact) mass is 410 g/mol. The summed E-state index contributed by atoms with van der Waals surface area (Å²) in [6.07, 6.45) is 5.80. The maximum atomic E-state index is 10.9. The van der Waals surface area contributed by atoms with E-state index in [9.17, 15) is 4.79 Å². The van der Waals surface area contributed by atoms with E-state index in [2.05, 4.69) is 81.4 Å². The van der Waals surface area contributed by atoms with Crippen LogP contribution in [0.1, 0.15) is 52.9 Å². The van der Waals surface area contributed by atoms with Gasteiger partial charge in [0.15, 0.2) is 0 Å². The summed E-state index contributed by atoms with van der Waals surface area (Å²) in [5, 5.41) is 2.60. The maximum Gasteiger partial charge on any atom is 0.261 e. The Hall–Kier alpha value is -1.75. The average Bonchev–Trinajstić information content (AvgIpc) is 2.72. The van der Waals surface area contributed by atoms with Gasteiger partial charge in [0.2, 0.25) is 0 Å². The van der Waals surface area contributed by atoms with Crippen molar-refractivity contribution in [2.75, 3.05) is 6.61 Å². The summed E-state index contributed by atoms with van der Waals surface area (Å²) in [5.41, 5.74) is 0. The molecule has 2 aromatic carbocycles. The van der Waals surface area contributed by atoms with E-state index in [0.29, 0.717) is 13.0 Å². The molecule has 0 unspecified atom stereocenters. The number of carbonyl (C=O) groups excluding carboxylic acids is 1. The fraction of sp³-hybridized carbons (Fsp3) is 0.480. The third-order valence-corrected chi connectivity index (χ3v) is 11.0. The largest absolute Gasteiger partial charge is 0.407 e. The van der Waals surface area contributed by atoms with Crippen LogP contribution in [0.4, 0.5) is 0 Å². The van der Waals surface area contributed by atoms with E-state index >= 15 is 0 Å². The molecule has 3 nitrogen and oxygen atoms in total. The van der Waals surface area contributed by atoms with Gasteiger partial charge in [0.05, 0.1) is 12.2 Å². The molecule has 29 heavy (non-hydrogen) atoms. The molecule has 0 saturated carbocycles. The van der Waals surface area contributed by atoms with Gasteiger partial charge in [-0.15, -0.1) is 0 Å². The number of benzene rings is 2. The lowest BCUT2D eigenvalue weighted by atomic mass is 10.0. The Labute approximate surface area is 176 Å². The molecule has 156 valence electrons. The molecule has 3 rings (SSSR count). The van der Waals surface area contributed by atoms with Crippen LogP contribution in [0, 0.1) is 0 Å². The van der Waals surface area contributed by atoms with Crippen molar-refractivity contribution in [2.45, 2.75) is 70.1 Å². The molecular formula is C25H34O3Si. The van der Waals surface area contributed by atoms with E-state index in [1.807, 2.05) is 0 Å². The molecule has 2 aromatic rings. The van der Waals surface area contributed by atoms with Crippen molar-refractivity contribution in [2.24, 2.45) is 0 Å². The number of hydrogen-bond donors (Lipinski definition) is 0. The average molecular weight is 411 g/mol. The topological polar surface area (TPSA) is 35.5 Å². The zero-order valence-electron chi connectivity index (χ0n) is 18.0. The molecule has 1 aliphatic rings. The predicted molar refractivity (Wildman–Crippen MR) is 121 cm³/mol. The van der Waals surface area contributed by atoms with Crippen molar-refractivity contribution in [1.29, 1.82) is 0 Å². The van der Waals surface area contributed by atoms with E-state index in [1.54, 1.807) is 0 Å². The summed E-state index contributed by atoms with van der Waals surface area (Å²) in [6.45, 7) is 7.58. The molecule has 2 atom stereocenters. The molecule has 0 radical (unpaired) electrons. The Balaban J connectivity index is 1.83. The number of hydrogen-bond acceptors (Lipinski definition) is 3. The Morgan fingerprint density at radius 2 is 1.52 bits per heavy atom. The summed E-state index contributed by atoms with van der Waals surface area (Å²) in [5.74, 6) is 0. The van der Waals surface area contributed by atoms with Crippen molar-refractivity contribution in [3.8, 4) is 0 Å². The van der Waals surface area contributed by atoms with E-state index < -0.39 is 8.32 Å². The first-order valence-electron chi connectivity index (χ1n) is 10.8. The minimum atomic E-state index is -2.48. The molecule has 0 aliphatic carbocycles. The van der Waals surface area contributed by atoms with E-state index in [4.69, 9.17) is 9.16 Å². The Morgan fingerprint density at radius 3 is 2.03 bits per heavy atom. The molecular weight excluding hydrogens is 376 g/mol. The Morgan fingerprint density at radius 1 is 0.966 bits per heavy atom. The second-order valence-corrected chi connectivity index (χ2v) is 13.3. The van der Waals surface area contributed by atoms with Gasteiger partial charge in [0.1, 0.15) is 6.29 Å². The highest BCUT2D eigenvalue weighted by Gasteiger charge is 2.50. The van der Waals surface area contributed by atoms with Crippen LogP contribution in [0.15, 0.2) is 60.7 Å². The molecule has 0 amide bonds. The fourth-order valence-corrected chi connectivity index (χ4v) is 9.16. The van der Waals surface area contributed by atoms with Gasteiger partial charge >= 0.3 is 0 Å². The predicted octanol–water partition coefficient (Wildman–Crippen LogP) is 4.48. The molecule has 0 aromatic heterocycles. The Kier molecular flexibility index (Phi) is 7.44. The number of aldehydes is 1. The van der Waals surface area contributed by atoms with Crippen molar-refractivity contribution in [3.63, 3.8) is 0 Å². The number of carbonyl (C=O) groups is 1. The van der Waals surface area contributed by atoms with Crippen molar-refractivity contribution >= 4 is 25.0 Å². The summed E-state index contributed by atoms with van der Waals surface area (Å²) >= 11 is 0. The van der Waals surface area contributed by atoms with Gasteiger partial charge < -0.3 is 14.0 Å². The quantitative estimate of drug-likeness (QED) is 0.475. The van der Waals surface area contributed by atoms with Gasteiger partial charge in [-0.2, -0.15) is 0 Å². The van der Waals surface area contributed by atoms with E-state index in [-0.39, 0.29) is 17.2 Å². The van der Waals surface area contributed by atoms with Crippen LogP contribution in [-0.4, -0.2) is 33.4 Å². The van der Waals surface area contributed by atoms with Gasteiger partial charge in [0.25, 0.3) is 8.32 Å². The fourth-order valence-electron chi connectivity index (χ4n) is 4.58. The lowest BCUT2D eigenvalue weighted by Crippen LogP contribution is -2.66. The number of ether oxygens (including phenoxy) is 1. The summed E-state index contributed by atoms with van der Waals surface area (Å²) in [4.78, 5) is 10.9. The molecule has 1 heterocycles. The standard InChI is InChI=1S/C25H34O3Si/c1-25(2,3)29(23-13-6-4-7-14-23,24-15-8-5-9-16-24)27-20-18-22-12-10-11-21(28-22)17-19-26/h4-9,13-16,19,21-22H,10-12,17-18,20H2,1-3H3/t21-,22+/m0/s1. The van der Waals surface area contributed by atoms with Crippen molar-refractivity contribution < 1.29 is 14.0 Å². The van der Waals surface area contributed by atoms with Gasteiger partial charge in [-0.25, -0.2) is 0 Å². The highest BCUT2D eigenvalue weighted by Crippen LogP contribution is 2.37. The summed E-state index contributed by atoms with van der Waals surface area (Å²) < 4.78 is 13.1. The van der Waals surface area contributed by atoms with E-state index in [0.717, 1.165) is 32.0 Å². The first-order valence-corrected chi connectivity index (χ1v) is 12.7. The van der Waals surface area contributed by atoms with E-state index in [1.165, 1.54) is 10.4 Å². The van der Waals surface area contributed by atoms with Gasteiger partial charge in [-0.3, -0.25) is 0 Å². The highest BCUT2D eigenvalue weighted by atomic mass is 28.4. The lowest BCUT2D eigenvalue weighted by Gasteiger charge is -2.43. The van der Waals surface area contributed by atoms with Crippen LogP contribution in [-0.2, 0) is 14.0 Å². The maximum absolute atomic E-state index is 10.9. The molecule has 0 spiro atoms. The van der Waals surface area contributed by atoms with Crippen LogP contribution in [0.5, 0.6) is 0 Å². The molecule has 0 N–H and O–H groups in total. The minimum Gasteiger partial charge on any atom is -0.407 e. The second-order valence-electron chi connectivity index (χ2n) is 9.01. The van der Waals surface area contributed by atoms with Gasteiger partial charge in [-0.1, -0.05) is 81.4 Å². The lowest BCUT2D eigenvalue weighted by molar-refractivity contribution is -0.114. The third-order valence-electron chi connectivity index (χ3n) is 5.97. The van der Waals surface area contributed by atoms with Crippen molar-refractivity contribution in [3.05, 3.63) is 60.7 Å². The molecule has 1 aliphatic heterocycles. The first kappa shape index (κ1) is 21.9. The van der Waals surface area contributed by atoms with Crippen LogP contribution in [0.25, 0.3) is 0 Å². The Bertz CT molecular complexity index is 715. The molecule has 1 saturated heterocycles. The van der Waals surface area contributed by atoms with Crippen LogP contribution in [0.2, 0.25) is 5.04 Å². The van der Waals surface area contributed by atoms with Crippen LogP contribution in [0.3, 0.4) is 0 Å². The van der Waals surface area contributed by atoms with Gasteiger partial charge in [0, 0.05) is 13.0 Å². The van der Waals surface area contributed by atoms with Crippen molar-refractivity contribution in [1.82, 2.24) is 0 Å². The smallest absolute Gasteiger partial charge is 0.261 e. The molecule has 0 bridgehead atoms. The molecule has 4 heteroatoms. The second kappa shape index (κ2) is 9.83. The van der Waals surface area contributed by atoms with Gasteiger partial charge in [-0.05, 0) is 41.1 Å². The normalized spacial score (nSPS) is 20.4. The van der Waals surface area contributed by atoms with Crippen LogP contribution >= 0.6 is 0 Å². The summed E-state index contributed by atoms with van der Waals surface area (Å²) in [6, 6.07) is 21.5. The first-order chi connectivity index (χ1) is 14.0. The summed E-state index contributed by atoms with van der Waals surface area (Å²) in [7, 11) is -2.48. The highest BCUT2D eigenvalue weighted by molar-refractivity contribution is 6.99. The SMILES string of the molecule is CC(C)(C)[Si](OCC[C@H]1CCC[C@@H](CC=O)O1)(c1ccccc1)c1ccccc1. The van der Waals surface area contributed by atoms with Crippen LogP contribution < -0.4 is 10.4 Å².